The summed E-state index contributed by atoms with van der Waals surface area (Å²) in [7, 11) is 1.70. The van der Waals surface area contributed by atoms with Crippen LogP contribution in [0.25, 0.3) is 0 Å². The average Bonchev–Trinajstić information content (AvgIpc) is 3.19. The number of rotatable bonds is 12. The molecule has 2 rings (SSSR count). The zero-order valence-corrected chi connectivity index (χ0v) is 12.2. The van der Waals surface area contributed by atoms with Gasteiger partial charge in [0.25, 0.3) is 0 Å². The molecule has 1 aromatic heterocycles. The molecule has 1 heterocycles. The van der Waals surface area contributed by atoms with Crippen molar-refractivity contribution in [2.75, 3.05) is 33.5 Å². The summed E-state index contributed by atoms with van der Waals surface area (Å²) in [4.78, 5) is 0. The lowest BCUT2D eigenvalue weighted by atomic mass is 10.2. The van der Waals surface area contributed by atoms with Gasteiger partial charge in [0.15, 0.2) is 0 Å². The smallest absolute Gasteiger partial charge is 0.133 e. The number of hydrogen-bond donors (Lipinski definition) is 1. The lowest BCUT2D eigenvalue weighted by molar-refractivity contribution is 0.0284. The van der Waals surface area contributed by atoms with E-state index in [1.165, 1.54) is 18.4 Å². The van der Waals surface area contributed by atoms with Crippen LogP contribution in [0, 0.1) is 0 Å². The van der Waals surface area contributed by atoms with Gasteiger partial charge in [0, 0.05) is 38.5 Å². The summed E-state index contributed by atoms with van der Waals surface area (Å²) < 4.78 is 21.4. The van der Waals surface area contributed by atoms with E-state index in [9.17, 15) is 0 Å². The van der Waals surface area contributed by atoms with Crippen LogP contribution in [0.3, 0.4) is 0 Å². The molecule has 5 heteroatoms. The van der Waals surface area contributed by atoms with E-state index >= 15 is 0 Å². The number of methoxy groups -OCH3 is 1. The number of furan rings is 1. The Labute approximate surface area is 120 Å². The molecule has 0 unspecified atom stereocenters. The van der Waals surface area contributed by atoms with Gasteiger partial charge in [0.05, 0.1) is 19.5 Å². The van der Waals surface area contributed by atoms with Crippen LogP contribution in [0.2, 0.25) is 0 Å². The Bertz CT molecular complexity index is 363. The van der Waals surface area contributed by atoms with E-state index < -0.39 is 0 Å². The zero-order chi connectivity index (χ0) is 14.0. The monoisotopic (exact) mass is 283 g/mol. The van der Waals surface area contributed by atoms with E-state index in [0.717, 1.165) is 25.3 Å². The molecule has 1 aromatic rings. The Balaban J connectivity index is 1.51. The molecule has 1 aliphatic carbocycles. The predicted molar refractivity (Wildman–Crippen MR) is 75.5 cm³/mol. The van der Waals surface area contributed by atoms with Gasteiger partial charge in [-0.15, -0.1) is 0 Å². The fourth-order valence-electron chi connectivity index (χ4n) is 1.88. The van der Waals surface area contributed by atoms with Gasteiger partial charge in [-0.1, -0.05) is 0 Å². The predicted octanol–water partition coefficient (Wildman–Crippen LogP) is 2.10. The molecule has 1 aliphatic rings. The molecular formula is C15H25NO4. The van der Waals surface area contributed by atoms with Gasteiger partial charge in [0.2, 0.25) is 0 Å². The summed E-state index contributed by atoms with van der Waals surface area (Å²) in [5.41, 5.74) is 1.19. The van der Waals surface area contributed by atoms with Crippen molar-refractivity contribution in [3.05, 3.63) is 23.7 Å². The number of ether oxygens (including phenoxy) is 3. The maximum absolute atomic E-state index is 5.57. The molecule has 1 N–H and O–H groups in total. The number of nitrogens with one attached hydrogen (secondary N) is 1. The maximum atomic E-state index is 5.57. The first-order valence-electron chi connectivity index (χ1n) is 7.33. The second-order valence-electron chi connectivity index (χ2n) is 5.04. The Morgan fingerprint density at radius 3 is 2.85 bits per heavy atom. The molecule has 0 spiro atoms. The first-order chi connectivity index (χ1) is 9.90. The maximum Gasteiger partial charge on any atom is 0.133 e. The summed E-state index contributed by atoms with van der Waals surface area (Å²) in [6.07, 6.45) is 5.24. The second-order valence-corrected chi connectivity index (χ2v) is 5.04. The molecule has 0 aliphatic heterocycles. The van der Waals surface area contributed by atoms with E-state index in [0.29, 0.717) is 32.5 Å². The lowest BCUT2D eigenvalue weighted by Crippen LogP contribution is -2.16. The average molecular weight is 283 g/mol. The summed E-state index contributed by atoms with van der Waals surface area (Å²) in [6.45, 7) is 4.03. The van der Waals surface area contributed by atoms with Crippen molar-refractivity contribution in [2.45, 2.75) is 38.5 Å². The molecule has 0 aromatic carbocycles. The van der Waals surface area contributed by atoms with Crippen LogP contribution in [-0.2, 0) is 27.4 Å². The fraction of sp³-hybridized carbons (Fsp3) is 0.733. The molecule has 1 fully saturated rings. The van der Waals surface area contributed by atoms with E-state index in [4.69, 9.17) is 18.6 Å². The van der Waals surface area contributed by atoms with E-state index in [-0.39, 0.29) is 0 Å². The Hall–Kier alpha value is -0.880. The van der Waals surface area contributed by atoms with Crippen molar-refractivity contribution in [3.63, 3.8) is 0 Å². The summed E-state index contributed by atoms with van der Waals surface area (Å²) in [5.74, 6) is 0.914. The van der Waals surface area contributed by atoms with Crippen molar-refractivity contribution in [1.29, 1.82) is 0 Å². The highest BCUT2D eigenvalue weighted by molar-refractivity contribution is 5.16. The molecule has 0 bridgehead atoms. The third-order valence-corrected chi connectivity index (χ3v) is 3.24. The van der Waals surface area contributed by atoms with Crippen molar-refractivity contribution >= 4 is 0 Å². The molecule has 114 valence electrons. The van der Waals surface area contributed by atoms with E-state index in [1.807, 2.05) is 6.07 Å². The lowest BCUT2D eigenvalue weighted by Gasteiger charge is -2.06. The second kappa shape index (κ2) is 9.13. The summed E-state index contributed by atoms with van der Waals surface area (Å²) in [6, 6.07) is 2.72. The molecule has 0 atom stereocenters. The van der Waals surface area contributed by atoms with Crippen LogP contribution in [0.1, 0.15) is 30.6 Å². The Kier molecular flexibility index (Phi) is 7.08. The third kappa shape index (κ3) is 6.05. The topological polar surface area (TPSA) is 52.9 Å². The van der Waals surface area contributed by atoms with Crippen LogP contribution in [0.4, 0.5) is 0 Å². The van der Waals surface area contributed by atoms with Gasteiger partial charge >= 0.3 is 0 Å². The number of hydrogen-bond acceptors (Lipinski definition) is 5. The van der Waals surface area contributed by atoms with Gasteiger partial charge in [-0.3, -0.25) is 0 Å². The summed E-state index contributed by atoms with van der Waals surface area (Å²) >= 11 is 0. The van der Waals surface area contributed by atoms with Crippen LogP contribution in [0.15, 0.2) is 16.7 Å². The van der Waals surface area contributed by atoms with Gasteiger partial charge in [0.1, 0.15) is 12.4 Å². The molecule has 5 nitrogen and oxygen atoms in total. The van der Waals surface area contributed by atoms with Crippen LogP contribution >= 0.6 is 0 Å². The Morgan fingerprint density at radius 1 is 1.20 bits per heavy atom. The van der Waals surface area contributed by atoms with E-state index in [1.54, 1.807) is 13.4 Å². The third-order valence-electron chi connectivity index (χ3n) is 3.24. The normalized spacial score (nSPS) is 14.8. The molecule has 1 saturated carbocycles. The molecule has 0 amide bonds. The highest BCUT2D eigenvalue weighted by Gasteiger charge is 2.20. The molecule has 0 saturated heterocycles. The van der Waals surface area contributed by atoms with Crippen molar-refractivity contribution in [3.8, 4) is 0 Å². The molecule has 20 heavy (non-hydrogen) atoms. The van der Waals surface area contributed by atoms with Crippen LogP contribution < -0.4 is 5.32 Å². The minimum atomic E-state index is 0.510. The zero-order valence-electron chi connectivity index (χ0n) is 12.2. The van der Waals surface area contributed by atoms with Gasteiger partial charge in [-0.2, -0.15) is 0 Å². The SMILES string of the molecule is COCCCOCCOCc1occc1CNC1CC1. The minimum Gasteiger partial charge on any atom is -0.467 e. The van der Waals surface area contributed by atoms with Gasteiger partial charge in [-0.05, 0) is 25.3 Å². The highest BCUT2D eigenvalue weighted by atomic mass is 16.5. The summed E-state index contributed by atoms with van der Waals surface area (Å²) in [5, 5.41) is 3.48. The largest absolute Gasteiger partial charge is 0.467 e. The molecule has 0 radical (unpaired) electrons. The first kappa shape index (κ1) is 15.5. The Morgan fingerprint density at radius 2 is 2.05 bits per heavy atom. The molecular weight excluding hydrogens is 258 g/mol. The van der Waals surface area contributed by atoms with E-state index in [2.05, 4.69) is 5.32 Å². The van der Waals surface area contributed by atoms with Crippen molar-refractivity contribution in [1.82, 2.24) is 5.32 Å². The highest BCUT2D eigenvalue weighted by Crippen LogP contribution is 2.20. The van der Waals surface area contributed by atoms with Gasteiger partial charge in [-0.25, -0.2) is 0 Å². The van der Waals surface area contributed by atoms with Crippen molar-refractivity contribution < 1.29 is 18.6 Å². The quantitative estimate of drug-likeness (QED) is 0.595. The first-order valence-corrected chi connectivity index (χ1v) is 7.33. The minimum absolute atomic E-state index is 0.510. The van der Waals surface area contributed by atoms with Crippen LogP contribution in [0.5, 0.6) is 0 Å². The fourth-order valence-corrected chi connectivity index (χ4v) is 1.88. The standard InChI is InChI=1S/C15H25NO4/c1-17-6-2-7-18-9-10-19-12-15-13(5-8-20-15)11-16-14-3-4-14/h5,8,14,16H,2-4,6-7,9-12H2,1H3. The van der Waals surface area contributed by atoms with Crippen molar-refractivity contribution in [2.24, 2.45) is 0 Å². The van der Waals surface area contributed by atoms with Gasteiger partial charge < -0.3 is 23.9 Å². The van der Waals surface area contributed by atoms with Crippen LogP contribution in [-0.4, -0.2) is 39.6 Å².